The Labute approximate surface area is 189 Å². The molecule has 3 rings (SSSR count). The molecule has 158 valence electrons. The number of ether oxygens (including phenoxy) is 3. The molecular weight excluding hydrogens is 481 g/mol. The van der Waals surface area contributed by atoms with E-state index in [-0.39, 0.29) is 36.2 Å². The topological polar surface area (TPSA) is 78.1 Å². The number of nitrogens with zero attached hydrogens (tertiary/aromatic N) is 1. The van der Waals surface area contributed by atoms with E-state index in [1.54, 1.807) is 0 Å². The van der Waals surface area contributed by atoms with Crippen molar-refractivity contribution in [2.24, 2.45) is 10.7 Å². The minimum atomic E-state index is 0. The molecule has 2 aromatic rings. The third-order valence-electron chi connectivity index (χ3n) is 4.30. The lowest BCUT2D eigenvalue weighted by molar-refractivity contribution is 0.242. The van der Waals surface area contributed by atoms with Gasteiger partial charge in [0.1, 0.15) is 23.4 Å². The summed E-state index contributed by atoms with van der Waals surface area (Å²) in [6, 6.07) is 11.7. The molecule has 0 spiro atoms. The van der Waals surface area contributed by atoms with Gasteiger partial charge in [-0.25, -0.2) is 4.99 Å². The summed E-state index contributed by atoms with van der Waals surface area (Å²) in [4.78, 5) is 4.46. The van der Waals surface area contributed by atoms with E-state index in [4.69, 9.17) is 19.9 Å². The minimum Gasteiger partial charge on any atom is -0.494 e. The van der Waals surface area contributed by atoms with Gasteiger partial charge in [0.05, 0.1) is 19.3 Å². The monoisotopic (exact) mass is 511 g/mol. The molecule has 0 bridgehead atoms. The summed E-state index contributed by atoms with van der Waals surface area (Å²) in [5.41, 5.74) is 9.06. The van der Waals surface area contributed by atoms with Gasteiger partial charge in [0, 0.05) is 23.2 Å². The van der Waals surface area contributed by atoms with Crippen LogP contribution in [0.1, 0.15) is 38.8 Å². The molecule has 6 nitrogen and oxygen atoms in total. The number of hydrogen-bond donors (Lipinski definition) is 2. The number of hydrogen-bond acceptors (Lipinski definition) is 4. The fourth-order valence-electron chi connectivity index (χ4n) is 3.14. The number of nitrogens with one attached hydrogen (secondary N) is 1. The van der Waals surface area contributed by atoms with Gasteiger partial charge >= 0.3 is 0 Å². The fourth-order valence-corrected chi connectivity index (χ4v) is 3.14. The molecular formula is C22H30IN3O3. The highest BCUT2D eigenvalue weighted by Gasteiger charge is 2.21. The van der Waals surface area contributed by atoms with Crippen LogP contribution >= 0.6 is 24.0 Å². The summed E-state index contributed by atoms with van der Waals surface area (Å²) in [6.45, 7) is 9.05. The molecule has 7 heteroatoms. The summed E-state index contributed by atoms with van der Waals surface area (Å²) < 4.78 is 17.3. The molecule has 1 atom stereocenters. The van der Waals surface area contributed by atoms with Gasteiger partial charge in [-0.2, -0.15) is 0 Å². The smallest absolute Gasteiger partial charge is 0.193 e. The Kier molecular flexibility index (Phi) is 8.43. The SMILES string of the molecule is CCOc1cc2c(cc1CN=C(N)Nc1ccc(OC(C)C)cc1)OC(C)C2.I. The second-order valence-electron chi connectivity index (χ2n) is 7.15. The van der Waals surface area contributed by atoms with Crippen molar-refractivity contribution >= 4 is 35.6 Å². The van der Waals surface area contributed by atoms with Crippen molar-refractivity contribution in [1.82, 2.24) is 0 Å². The van der Waals surface area contributed by atoms with Crippen LogP contribution in [0.25, 0.3) is 0 Å². The van der Waals surface area contributed by atoms with E-state index < -0.39 is 0 Å². The highest BCUT2D eigenvalue weighted by atomic mass is 127. The van der Waals surface area contributed by atoms with Gasteiger partial charge in [0.25, 0.3) is 0 Å². The molecule has 1 heterocycles. The molecule has 0 saturated carbocycles. The Hall–Kier alpha value is -2.16. The molecule has 1 aliphatic heterocycles. The highest BCUT2D eigenvalue weighted by molar-refractivity contribution is 14.0. The average Bonchev–Trinajstić information content (AvgIpc) is 3.00. The number of anilines is 1. The van der Waals surface area contributed by atoms with Crippen LogP contribution < -0.4 is 25.3 Å². The lowest BCUT2D eigenvalue weighted by Gasteiger charge is -2.12. The molecule has 0 fully saturated rings. The van der Waals surface area contributed by atoms with Crippen LogP contribution in [-0.2, 0) is 13.0 Å². The van der Waals surface area contributed by atoms with E-state index in [0.29, 0.717) is 19.1 Å². The van der Waals surface area contributed by atoms with Crippen LogP contribution in [0.2, 0.25) is 0 Å². The van der Waals surface area contributed by atoms with E-state index >= 15 is 0 Å². The fraction of sp³-hybridized carbons (Fsp3) is 0.409. The first-order chi connectivity index (χ1) is 13.4. The summed E-state index contributed by atoms with van der Waals surface area (Å²) in [5, 5.41) is 3.10. The van der Waals surface area contributed by atoms with Crippen molar-refractivity contribution < 1.29 is 14.2 Å². The van der Waals surface area contributed by atoms with E-state index in [1.807, 2.05) is 51.1 Å². The van der Waals surface area contributed by atoms with Gasteiger partial charge < -0.3 is 25.3 Å². The quantitative estimate of drug-likeness (QED) is 0.319. The first-order valence-corrected chi connectivity index (χ1v) is 9.73. The van der Waals surface area contributed by atoms with Gasteiger partial charge in [0.2, 0.25) is 0 Å². The number of fused-ring (bicyclic) bond motifs is 1. The summed E-state index contributed by atoms with van der Waals surface area (Å²) in [5.74, 6) is 2.92. The van der Waals surface area contributed by atoms with Crippen molar-refractivity contribution in [2.75, 3.05) is 11.9 Å². The van der Waals surface area contributed by atoms with Crippen LogP contribution in [0.4, 0.5) is 5.69 Å². The molecule has 1 aliphatic rings. The number of nitrogens with two attached hydrogens (primary N) is 1. The minimum absolute atomic E-state index is 0. The van der Waals surface area contributed by atoms with Crippen LogP contribution in [0.5, 0.6) is 17.2 Å². The molecule has 2 aromatic carbocycles. The normalized spacial score (nSPS) is 15.3. The molecule has 0 aliphatic carbocycles. The van der Waals surface area contributed by atoms with E-state index in [1.165, 1.54) is 5.56 Å². The summed E-state index contributed by atoms with van der Waals surface area (Å²) in [6.07, 6.45) is 1.24. The molecule has 0 amide bonds. The van der Waals surface area contributed by atoms with Crippen LogP contribution in [-0.4, -0.2) is 24.8 Å². The Morgan fingerprint density at radius 1 is 1.28 bits per heavy atom. The maximum absolute atomic E-state index is 6.07. The van der Waals surface area contributed by atoms with Crippen molar-refractivity contribution in [3.8, 4) is 17.2 Å². The van der Waals surface area contributed by atoms with Crippen LogP contribution in [0.3, 0.4) is 0 Å². The van der Waals surface area contributed by atoms with Gasteiger partial charge in [-0.05, 0) is 64.1 Å². The maximum Gasteiger partial charge on any atom is 0.193 e. The maximum atomic E-state index is 6.07. The van der Waals surface area contributed by atoms with Gasteiger partial charge in [-0.3, -0.25) is 0 Å². The predicted molar refractivity (Wildman–Crippen MR) is 128 cm³/mol. The third-order valence-corrected chi connectivity index (χ3v) is 4.30. The van der Waals surface area contributed by atoms with Crippen LogP contribution in [0, 0.1) is 0 Å². The van der Waals surface area contributed by atoms with Crippen molar-refractivity contribution in [3.63, 3.8) is 0 Å². The molecule has 1 unspecified atom stereocenters. The number of guanidine groups is 1. The average molecular weight is 511 g/mol. The lowest BCUT2D eigenvalue weighted by atomic mass is 10.1. The van der Waals surface area contributed by atoms with Crippen molar-refractivity contribution in [3.05, 3.63) is 47.5 Å². The van der Waals surface area contributed by atoms with Gasteiger partial charge in [-0.15, -0.1) is 24.0 Å². The molecule has 29 heavy (non-hydrogen) atoms. The zero-order valence-electron chi connectivity index (χ0n) is 17.4. The Morgan fingerprint density at radius 3 is 2.66 bits per heavy atom. The van der Waals surface area contributed by atoms with Crippen LogP contribution in [0.15, 0.2) is 41.4 Å². The molecule has 0 aromatic heterocycles. The zero-order valence-corrected chi connectivity index (χ0v) is 19.7. The number of aliphatic imine (C=N–C) groups is 1. The lowest BCUT2D eigenvalue weighted by Crippen LogP contribution is -2.22. The Balaban J connectivity index is 0.00000300. The number of rotatable bonds is 7. The first-order valence-electron chi connectivity index (χ1n) is 9.73. The number of benzene rings is 2. The standard InChI is InChI=1S/C22H29N3O3.HI/c1-5-26-20-11-16-10-15(4)28-21(16)12-17(20)13-24-22(23)25-18-6-8-19(9-7-18)27-14(2)3;/h6-9,11-12,14-15H,5,10,13H2,1-4H3,(H3,23,24,25);1H. The third kappa shape index (κ3) is 6.42. The Bertz CT molecular complexity index is 838. The molecule has 3 N–H and O–H groups in total. The summed E-state index contributed by atoms with van der Waals surface area (Å²) >= 11 is 0. The van der Waals surface area contributed by atoms with E-state index in [9.17, 15) is 0 Å². The predicted octanol–water partition coefficient (Wildman–Crippen LogP) is 4.74. The Morgan fingerprint density at radius 2 is 2.00 bits per heavy atom. The van der Waals surface area contributed by atoms with Gasteiger partial charge in [0.15, 0.2) is 5.96 Å². The summed E-state index contributed by atoms with van der Waals surface area (Å²) in [7, 11) is 0. The molecule has 0 saturated heterocycles. The second kappa shape index (κ2) is 10.6. The largest absolute Gasteiger partial charge is 0.494 e. The second-order valence-corrected chi connectivity index (χ2v) is 7.15. The van der Waals surface area contributed by atoms with Gasteiger partial charge in [-0.1, -0.05) is 0 Å². The first kappa shape index (κ1) is 23.1. The highest BCUT2D eigenvalue weighted by Crippen LogP contribution is 2.35. The number of halogens is 1. The van der Waals surface area contributed by atoms with E-state index in [0.717, 1.165) is 34.9 Å². The van der Waals surface area contributed by atoms with E-state index in [2.05, 4.69) is 23.3 Å². The zero-order chi connectivity index (χ0) is 20.1. The van der Waals surface area contributed by atoms with Crippen molar-refractivity contribution in [1.29, 1.82) is 0 Å². The van der Waals surface area contributed by atoms with Crippen molar-refractivity contribution in [2.45, 2.75) is 52.9 Å². The molecule has 0 radical (unpaired) electrons.